The van der Waals surface area contributed by atoms with Gasteiger partial charge in [-0.25, -0.2) is 0 Å². The molecule has 0 aromatic heterocycles. The summed E-state index contributed by atoms with van der Waals surface area (Å²) in [4.78, 5) is 35.1. The smallest absolute Gasteiger partial charge is 0.290 e. The van der Waals surface area contributed by atoms with Gasteiger partial charge in [0.15, 0.2) is 0 Å². The van der Waals surface area contributed by atoms with Crippen molar-refractivity contribution in [3.8, 4) is 5.75 Å². The van der Waals surface area contributed by atoms with Crippen LogP contribution < -0.4 is 10.6 Å². The van der Waals surface area contributed by atoms with Crippen LogP contribution in [0.3, 0.4) is 0 Å². The first kappa shape index (κ1) is 15.8. The Morgan fingerprint density at radius 1 is 1.08 bits per heavy atom. The number of phenols is 1. The third kappa shape index (κ3) is 3.47. The van der Waals surface area contributed by atoms with Crippen molar-refractivity contribution in [2.45, 2.75) is 0 Å². The Bertz CT molecular complexity index is 859. The molecule has 2 aromatic carbocycles. The highest BCUT2D eigenvalue weighted by atomic mass is 32.2. The van der Waals surface area contributed by atoms with Gasteiger partial charge in [-0.1, -0.05) is 24.3 Å². The molecule has 3 N–H and O–H groups in total. The minimum absolute atomic E-state index is 0.0128. The quantitative estimate of drug-likeness (QED) is 0.590. The zero-order chi connectivity index (χ0) is 17.1. The predicted octanol–water partition coefficient (Wildman–Crippen LogP) is 2.97. The van der Waals surface area contributed by atoms with Crippen LogP contribution in [0.5, 0.6) is 5.75 Å². The zero-order valence-electron chi connectivity index (χ0n) is 12.3. The molecule has 0 radical (unpaired) electrons. The molecule has 2 aromatic rings. The van der Waals surface area contributed by atoms with Crippen molar-refractivity contribution in [3.63, 3.8) is 0 Å². The molecule has 24 heavy (non-hydrogen) atoms. The number of hydrogen-bond donors (Lipinski definition) is 3. The second-order valence-corrected chi connectivity index (χ2v) is 5.96. The number of carbonyl (C=O) groups is 3. The Kier molecular flexibility index (Phi) is 4.35. The molecule has 7 heteroatoms. The molecular weight excluding hydrogens is 328 g/mol. The highest BCUT2D eigenvalue weighted by molar-refractivity contribution is 8.18. The highest BCUT2D eigenvalue weighted by Crippen LogP contribution is 2.26. The lowest BCUT2D eigenvalue weighted by Crippen LogP contribution is -2.17. The van der Waals surface area contributed by atoms with Gasteiger partial charge in [-0.3, -0.25) is 19.7 Å². The lowest BCUT2D eigenvalue weighted by molar-refractivity contribution is -0.115. The van der Waals surface area contributed by atoms with E-state index in [0.717, 1.165) is 11.8 Å². The molecular formula is C17H12N2O4S. The number of hydrogen-bond acceptors (Lipinski definition) is 5. The van der Waals surface area contributed by atoms with E-state index < -0.39 is 11.1 Å². The fourth-order valence-electron chi connectivity index (χ4n) is 2.08. The molecule has 3 amide bonds. The second kappa shape index (κ2) is 6.59. The molecule has 1 aliphatic rings. The average Bonchev–Trinajstić information content (AvgIpc) is 2.88. The molecule has 120 valence electrons. The van der Waals surface area contributed by atoms with Crippen LogP contribution in [-0.2, 0) is 4.79 Å². The van der Waals surface area contributed by atoms with Gasteiger partial charge in [-0.2, -0.15) is 0 Å². The highest BCUT2D eigenvalue weighted by Gasteiger charge is 2.24. The maximum Gasteiger partial charge on any atom is 0.290 e. The molecule has 0 spiro atoms. The summed E-state index contributed by atoms with van der Waals surface area (Å²) in [6.07, 6.45) is 1.58. The first-order chi connectivity index (χ1) is 11.5. The third-order valence-electron chi connectivity index (χ3n) is 3.26. The Labute approximate surface area is 141 Å². The molecule has 0 aliphatic carbocycles. The van der Waals surface area contributed by atoms with Gasteiger partial charge >= 0.3 is 0 Å². The number of thioether (sulfide) groups is 1. The fourth-order valence-corrected chi connectivity index (χ4v) is 2.76. The molecule has 6 nitrogen and oxygen atoms in total. The van der Waals surface area contributed by atoms with Gasteiger partial charge < -0.3 is 10.4 Å². The number of para-hydroxylation sites is 2. The van der Waals surface area contributed by atoms with E-state index in [-0.39, 0.29) is 11.7 Å². The number of amides is 3. The maximum atomic E-state index is 12.2. The Balaban J connectivity index is 1.74. The summed E-state index contributed by atoms with van der Waals surface area (Å²) in [6.45, 7) is 0. The van der Waals surface area contributed by atoms with Crippen LogP contribution in [0.15, 0.2) is 53.4 Å². The van der Waals surface area contributed by atoms with Gasteiger partial charge in [-0.15, -0.1) is 0 Å². The topological polar surface area (TPSA) is 95.5 Å². The lowest BCUT2D eigenvalue weighted by Gasteiger charge is -2.07. The molecule has 1 fully saturated rings. The lowest BCUT2D eigenvalue weighted by atomic mass is 10.1. The van der Waals surface area contributed by atoms with E-state index in [4.69, 9.17) is 0 Å². The van der Waals surface area contributed by atoms with E-state index >= 15 is 0 Å². The monoisotopic (exact) mass is 340 g/mol. The van der Waals surface area contributed by atoms with E-state index in [1.807, 2.05) is 0 Å². The van der Waals surface area contributed by atoms with Gasteiger partial charge in [0.1, 0.15) is 5.75 Å². The number of imide groups is 1. The fraction of sp³-hybridized carbons (Fsp3) is 0. The molecule has 0 bridgehead atoms. The summed E-state index contributed by atoms with van der Waals surface area (Å²) in [7, 11) is 0. The van der Waals surface area contributed by atoms with E-state index in [1.54, 1.807) is 48.5 Å². The van der Waals surface area contributed by atoms with Crippen LogP contribution in [0.2, 0.25) is 0 Å². The normalized spacial score (nSPS) is 15.4. The van der Waals surface area contributed by atoms with Crippen LogP contribution in [0.4, 0.5) is 10.5 Å². The number of carbonyl (C=O) groups excluding carboxylic acids is 3. The van der Waals surface area contributed by atoms with Crippen molar-refractivity contribution in [1.82, 2.24) is 5.32 Å². The standard InChI is InChI=1S/C17H12N2O4S/c20-13-4-2-1-3-12(13)18-15(21)11-7-5-10(6-8-11)9-14-16(22)19-17(23)24-14/h1-9,20H,(H,18,21)(H,19,22,23)/b14-9-. The number of benzene rings is 2. The van der Waals surface area contributed by atoms with Gasteiger partial charge in [0.25, 0.3) is 17.1 Å². The molecule has 0 atom stereocenters. The van der Waals surface area contributed by atoms with Gasteiger partial charge in [-0.05, 0) is 47.7 Å². The molecule has 1 saturated heterocycles. The summed E-state index contributed by atoms with van der Waals surface area (Å²) >= 11 is 0.837. The second-order valence-electron chi connectivity index (χ2n) is 4.95. The summed E-state index contributed by atoms with van der Waals surface area (Å²) in [6, 6.07) is 13.0. The number of anilines is 1. The van der Waals surface area contributed by atoms with Crippen molar-refractivity contribution in [2.24, 2.45) is 0 Å². The van der Waals surface area contributed by atoms with Crippen LogP contribution in [-0.4, -0.2) is 22.2 Å². The number of nitrogens with one attached hydrogen (secondary N) is 2. The molecule has 3 rings (SSSR count). The predicted molar refractivity (Wildman–Crippen MR) is 91.6 cm³/mol. The Hall–Kier alpha value is -3.06. The summed E-state index contributed by atoms with van der Waals surface area (Å²) < 4.78 is 0. The minimum atomic E-state index is -0.425. The first-order valence-corrected chi connectivity index (χ1v) is 7.79. The van der Waals surface area contributed by atoms with E-state index in [0.29, 0.717) is 21.7 Å². The van der Waals surface area contributed by atoms with Crippen molar-refractivity contribution < 1.29 is 19.5 Å². The van der Waals surface area contributed by atoms with Crippen LogP contribution in [0.25, 0.3) is 6.08 Å². The number of rotatable bonds is 3. The molecule has 1 aliphatic heterocycles. The SMILES string of the molecule is O=C1NC(=O)/C(=C/c2ccc(C(=O)Nc3ccccc3O)cc2)S1. The van der Waals surface area contributed by atoms with Crippen LogP contribution >= 0.6 is 11.8 Å². The van der Waals surface area contributed by atoms with Crippen LogP contribution in [0, 0.1) is 0 Å². The summed E-state index contributed by atoms with van der Waals surface area (Å²) in [5.41, 5.74) is 1.42. The minimum Gasteiger partial charge on any atom is -0.506 e. The van der Waals surface area contributed by atoms with E-state index in [1.165, 1.54) is 6.07 Å². The van der Waals surface area contributed by atoms with Gasteiger partial charge in [0.05, 0.1) is 10.6 Å². The Morgan fingerprint density at radius 2 is 1.79 bits per heavy atom. The van der Waals surface area contributed by atoms with E-state index in [2.05, 4.69) is 10.6 Å². The largest absolute Gasteiger partial charge is 0.506 e. The number of phenolic OH excluding ortho intramolecular Hbond substituents is 1. The van der Waals surface area contributed by atoms with Crippen molar-refractivity contribution in [2.75, 3.05) is 5.32 Å². The third-order valence-corrected chi connectivity index (χ3v) is 4.08. The molecule has 1 heterocycles. The maximum absolute atomic E-state index is 12.2. The van der Waals surface area contributed by atoms with Crippen molar-refractivity contribution >= 4 is 40.6 Å². The first-order valence-electron chi connectivity index (χ1n) is 6.97. The number of aromatic hydroxyl groups is 1. The zero-order valence-corrected chi connectivity index (χ0v) is 13.1. The van der Waals surface area contributed by atoms with Crippen molar-refractivity contribution in [1.29, 1.82) is 0 Å². The summed E-state index contributed by atoms with van der Waals surface area (Å²) in [5.74, 6) is -0.800. The Morgan fingerprint density at radius 3 is 2.42 bits per heavy atom. The van der Waals surface area contributed by atoms with Crippen molar-refractivity contribution in [3.05, 3.63) is 64.6 Å². The van der Waals surface area contributed by atoms with Gasteiger partial charge in [0, 0.05) is 5.56 Å². The van der Waals surface area contributed by atoms with Crippen LogP contribution in [0.1, 0.15) is 15.9 Å². The summed E-state index contributed by atoms with van der Waals surface area (Å²) in [5, 5.41) is 14.1. The average molecular weight is 340 g/mol. The molecule has 0 unspecified atom stereocenters. The van der Waals surface area contributed by atoms with E-state index in [9.17, 15) is 19.5 Å². The molecule has 0 saturated carbocycles. The van der Waals surface area contributed by atoms with Gasteiger partial charge in [0.2, 0.25) is 0 Å².